The van der Waals surface area contributed by atoms with Gasteiger partial charge in [0.25, 0.3) is 0 Å². The molecule has 1 aliphatic heterocycles. The standard InChI is InChI=1S/C28H28ClN5O2S2/c1-17-14-22(11-12-24(17)32-38(4,35)36)34-27(26(31-28(34)37)25-10-5-6-13-30-25)23-15-18(2)33(19(23)3)21-9-7-8-20(29)16-21/h5-16,26-27,32H,1-4H3,(H,31,37)/t26-,27+/m0/s1. The minimum Gasteiger partial charge on any atom is -0.351 e. The number of rotatable bonds is 6. The second kappa shape index (κ2) is 10.1. The Morgan fingerprint density at radius 2 is 1.79 bits per heavy atom. The quantitative estimate of drug-likeness (QED) is 0.279. The summed E-state index contributed by atoms with van der Waals surface area (Å²) in [7, 11) is -3.40. The molecular formula is C28H28ClN5O2S2. The summed E-state index contributed by atoms with van der Waals surface area (Å²) in [5, 5.41) is 4.74. The molecule has 0 aliphatic carbocycles. The van der Waals surface area contributed by atoms with Crippen molar-refractivity contribution in [2.45, 2.75) is 32.9 Å². The van der Waals surface area contributed by atoms with Crippen LogP contribution in [0, 0.1) is 20.8 Å². The Bertz CT molecular complexity index is 1640. The van der Waals surface area contributed by atoms with Crippen LogP contribution in [0.4, 0.5) is 11.4 Å². The monoisotopic (exact) mass is 565 g/mol. The SMILES string of the molecule is Cc1cc(N2C(=S)N[C@@H](c3ccccn3)[C@H]2c2cc(C)n(-c3cccc(Cl)c3)c2C)ccc1NS(C)(=O)=O. The van der Waals surface area contributed by atoms with Crippen LogP contribution in [-0.4, -0.2) is 29.3 Å². The van der Waals surface area contributed by atoms with Crippen LogP contribution >= 0.6 is 23.8 Å². The summed E-state index contributed by atoms with van der Waals surface area (Å²) in [5.74, 6) is 0. The van der Waals surface area contributed by atoms with E-state index in [4.69, 9.17) is 23.8 Å². The lowest BCUT2D eigenvalue weighted by Gasteiger charge is -2.29. The summed E-state index contributed by atoms with van der Waals surface area (Å²) >= 11 is 12.2. The maximum atomic E-state index is 11.8. The second-order valence-electron chi connectivity index (χ2n) is 9.51. The predicted octanol–water partition coefficient (Wildman–Crippen LogP) is 6.00. The molecule has 2 aromatic heterocycles. The van der Waals surface area contributed by atoms with Crippen molar-refractivity contribution in [3.8, 4) is 5.69 Å². The summed E-state index contributed by atoms with van der Waals surface area (Å²) < 4.78 is 28.4. The maximum absolute atomic E-state index is 11.8. The normalized spacial score (nSPS) is 17.5. The van der Waals surface area contributed by atoms with Crippen LogP contribution < -0.4 is 14.9 Å². The number of aromatic nitrogens is 2. The van der Waals surface area contributed by atoms with E-state index in [0.717, 1.165) is 45.8 Å². The number of sulfonamides is 1. The number of thiocarbonyl (C=S) groups is 1. The number of hydrogen-bond donors (Lipinski definition) is 2. The zero-order chi connectivity index (χ0) is 27.2. The van der Waals surface area contributed by atoms with Crippen LogP contribution in [0.2, 0.25) is 5.02 Å². The van der Waals surface area contributed by atoms with Crippen molar-refractivity contribution >= 4 is 50.3 Å². The fraction of sp³-hybridized carbons (Fsp3) is 0.214. The van der Waals surface area contributed by atoms with E-state index in [1.54, 1.807) is 12.3 Å². The topological polar surface area (TPSA) is 79.3 Å². The van der Waals surface area contributed by atoms with E-state index in [1.807, 2.05) is 61.5 Å². The maximum Gasteiger partial charge on any atom is 0.229 e. The van der Waals surface area contributed by atoms with Gasteiger partial charge in [-0.15, -0.1) is 0 Å². The molecule has 0 radical (unpaired) electrons. The van der Waals surface area contributed by atoms with Crippen LogP contribution in [0.1, 0.15) is 40.3 Å². The van der Waals surface area contributed by atoms with Gasteiger partial charge in [-0.25, -0.2) is 8.42 Å². The lowest BCUT2D eigenvalue weighted by atomic mass is 9.96. The largest absolute Gasteiger partial charge is 0.351 e. The van der Waals surface area contributed by atoms with Crippen LogP contribution in [0.3, 0.4) is 0 Å². The Morgan fingerprint density at radius 3 is 2.45 bits per heavy atom. The Morgan fingerprint density at radius 1 is 1.00 bits per heavy atom. The molecule has 0 bridgehead atoms. The van der Waals surface area contributed by atoms with Crippen molar-refractivity contribution in [1.29, 1.82) is 0 Å². The highest BCUT2D eigenvalue weighted by Gasteiger charge is 2.42. The van der Waals surface area contributed by atoms with Gasteiger partial charge in [0.2, 0.25) is 10.0 Å². The molecule has 2 N–H and O–H groups in total. The molecule has 0 amide bonds. The summed E-state index contributed by atoms with van der Waals surface area (Å²) in [6, 6.07) is 21.1. The van der Waals surface area contributed by atoms with Crippen molar-refractivity contribution in [1.82, 2.24) is 14.9 Å². The van der Waals surface area contributed by atoms with E-state index >= 15 is 0 Å². The molecule has 2 atom stereocenters. The first-order valence-electron chi connectivity index (χ1n) is 12.1. The van der Waals surface area contributed by atoms with Crippen LogP contribution in [0.25, 0.3) is 5.69 Å². The average Bonchev–Trinajstić information content (AvgIpc) is 3.35. The van der Waals surface area contributed by atoms with Crippen molar-refractivity contribution < 1.29 is 8.42 Å². The van der Waals surface area contributed by atoms with Crippen molar-refractivity contribution in [2.75, 3.05) is 15.9 Å². The first-order chi connectivity index (χ1) is 18.0. The molecule has 5 rings (SSSR count). The first-order valence-corrected chi connectivity index (χ1v) is 14.7. The molecule has 2 aromatic carbocycles. The highest BCUT2D eigenvalue weighted by molar-refractivity contribution is 7.92. The molecule has 38 heavy (non-hydrogen) atoms. The Labute approximate surface area is 233 Å². The van der Waals surface area contributed by atoms with Crippen LogP contribution in [0.15, 0.2) is 72.9 Å². The number of halogens is 1. The molecule has 0 saturated carbocycles. The number of nitrogens with one attached hydrogen (secondary N) is 2. The summed E-state index contributed by atoms with van der Waals surface area (Å²) in [4.78, 5) is 6.74. The number of nitrogens with zero attached hydrogens (tertiary/aromatic N) is 3. The van der Waals surface area contributed by atoms with Gasteiger partial charge in [0.05, 0.1) is 29.7 Å². The van der Waals surface area contributed by atoms with Gasteiger partial charge in [0.15, 0.2) is 5.11 Å². The van der Waals surface area contributed by atoms with Crippen molar-refractivity contribution in [2.24, 2.45) is 0 Å². The number of anilines is 2. The molecule has 1 fully saturated rings. The molecule has 3 heterocycles. The number of benzene rings is 2. The summed E-state index contributed by atoms with van der Waals surface area (Å²) in [6.45, 7) is 6.05. The first kappa shape index (κ1) is 26.2. The molecule has 196 valence electrons. The van der Waals surface area contributed by atoms with Gasteiger partial charge in [0, 0.05) is 34.0 Å². The molecular weight excluding hydrogens is 538 g/mol. The molecule has 7 nitrogen and oxygen atoms in total. The lowest BCUT2D eigenvalue weighted by molar-refractivity contribution is 0.565. The van der Waals surface area contributed by atoms with E-state index in [-0.39, 0.29) is 12.1 Å². The van der Waals surface area contributed by atoms with Gasteiger partial charge in [0.1, 0.15) is 0 Å². The van der Waals surface area contributed by atoms with E-state index in [9.17, 15) is 8.42 Å². The van der Waals surface area contributed by atoms with Crippen molar-refractivity contribution in [3.05, 3.63) is 106 Å². The van der Waals surface area contributed by atoms with E-state index in [2.05, 4.69) is 44.4 Å². The van der Waals surface area contributed by atoms with Crippen LogP contribution in [0.5, 0.6) is 0 Å². The van der Waals surface area contributed by atoms with Gasteiger partial charge in [-0.2, -0.15) is 0 Å². The minimum atomic E-state index is -3.40. The van der Waals surface area contributed by atoms with E-state index in [0.29, 0.717) is 15.8 Å². The van der Waals surface area contributed by atoms with Crippen molar-refractivity contribution in [3.63, 3.8) is 0 Å². The van der Waals surface area contributed by atoms with Gasteiger partial charge in [-0.05, 0) is 98.7 Å². The van der Waals surface area contributed by atoms with Gasteiger partial charge in [-0.3, -0.25) is 9.71 Å². The fourth-order valence-electron chi connectivity index (χ4n) is 5.16. The summed E-state index contributed by atoms with van der Waals surface area (Å²) in [6.07, 6.45) is 2.92. The zero-order valence-corrected chi connectivity index (χ0v) is 23.8. The molecule has 1 saturated heterocycles. The smallest absolute Gasteiger partial charge is 0.229 e. The highest BCUT2D eigenvalue weighted by Crippen LogP contribution is 2.44. The Balaban J connectivity index is 1.65. The average molecular weight is 566 g/mol. The van der Waals surface area contributed by atoms with Gasteiger partial charge < -0.3 is 14.8 Å². The molecule has 0 unspecified atom stereocenters. The van der Waals surface area contributed by atoms with E-state index < -0.39 is 10.0 Å². The molecule has 10 heteroatoms. The third-order valence-corrected chi connectivity index (χ3v) is 7.88. The van der Waals surface area contributed by atoms with E-state index in [1.165, 1.54) is 0 Å². The second-order valence-corrected chi connectivity index (χ2v) is 12.1. The highest BCUT2D eigenvalue weighted by atomic mass is 35.5. The van der Waals surface area contributed by atoms with Crippen LogP contribution in [-0.2, 0) is 10.0 Å². The third kappa shape index (κ3) is 5.01. The summed E-state index contributed by atoms with van der Waals surface area (Å²) in [5.41, 5.74) is 7.28. The molecule has 0 spiro atoms. The number of hydrogen-bond acceptors (Lipinski definition) is 4. The minimum absolute atomic E-state index is 0.203. The third-order valence-electron chi connectivity index (χ3n) is 6.74. The van der Waals surface area contributed by atoms with Gasteiger partial charge >= 0.3 is 0 Å². The number of aryl methyl sites for hydroxylation is 2. The lowest BCUT2D eigenvalue weighted by Crippen LogP contribution is -2.29. The fourth-order valence-corrected chi connectivity index (χ4v) is 6.32. The Kier molecular flexibility index (Phi) is 6.94. The molecule has 4 aromatic rings. The number of pyridine rings is 1. The zero-order valence-electron chi connectivity index (χ0n) is 21.4. The predicted molar refractivity (Wildman–Crippen MR) is 158 cm³/mol. The Hall–Kier alpha value is -3.40. The molecule has 1 aliphatic rings. The van der Waals surface area contributed by atoms with Gasteiger partial charge in [-0.1, -0.05) is 23.7 Å².